The van der Waals surface area contributed by atoms with Crippen LogP contribution in [0.25, 0.3) is 149 Å². The predicted molar refractivity (Wildman–Crippen MR) is 373 cm³/mol. The van der Waals surface area contributed by atoms with Crippen molar-refractivity contribution in [2.24, 2.45) is 0 Å². The van der Waals surface area contributed by atoms with Crippen LogP contribution < -0.4 is 4.90 Å². The number of furan rings is 1. The topological polar surface area (TPSA) is 57.0 Å². The van der Waals surface area contributed by atoms with Gasteiger partial charge in [-0.3, -0.25) is 9.13 Å². The first-order valence-electron chi connectivity index (χ1n) is 30.9. The van der Waals surface area contributed by atoms with Crippen LogP contribution in [-0.4, -0.2) is 23.7 Å². The molecule has 0 atom stereocenters. The molecule has 18 aromatic rings. The van der Waals surface area contributed by atoms with Gasteiger partial charge >= 0.3 is 0 Å². The van der Waals surface area contributed by atoms with Crippen LogP contribution in [0.1, 0.15) is 25.0 Å². The van der Waals surface area contributed by atoms with Crippen LogP contribution in [0.4, 0.5) is 17.1 Å². The maximum Gasteiger partial charge on any atom is 0.237 e. The third kappa shape index (κ3) is 7.47. The summed E-state index contributed by atoms with van der Waals surface area (Å²) in [4.78, 5) is 13.9. The van der Waals surface area contributed by atoms with Crippen molar-refractivity contribution in [2.75, 3.05) is 4.90 Å². The van der Waals surface area contributed by atoms with Gasteiger partial charge in [-0.1, -0.05) is 184 Å². The van der Waals surface area contributed by atoms with Crippen molar-refractivity contribution >= 4 is 115 Å². The van der Waals surface area contributed by atoms with E-state index in [1.54, 1.807) is 0 Å². The number of anilines is 3. The maximum atomic E-state index is 6.27. The molecule has 0 spiro atoms. The summed E-state index contributed by atoms with van der Waals surface area (Å²) >= 11 is 0. The molecule has 0 bridgehead atoms. The number of nitrogens with zero attached hydrogens (tertiary/aromatic N) is 6. The Hall–Kier alpha value is -11.8. The Balaban J connectivity index is 0.818. The Morgan fingerprint density at radius 3 is 1.69 bits per heavy atom. The second-order valence-electron chi connectivity index (χ2n) is 24.5. The highest BCUT2D eigenvalue weighted by molar-refractivity contribution is 6.14. The second-order valence-corrected chi connectivity index (χ2v) is 24.5. The number of hydrogen-bond acceptors (Lipinski definition) is 4. The molecule has 0 saturated carbocycles. The Morgan fingerprint density at radius 1 is 0.322 bits per heavy atom. The summed E-state index contributed by atoms with van der Waals surface area (Å²) in [6.45, 7) is 4.71. The standard InChI is InChI=1S/C83H54N6O/c1-83(2)70-28-14-9-23-60(70)66-48-68-63-26-12-17-31-75(63)89(78(68)49-71(66)83)82-84-72(50-81(85-82)88-74-30-16-11-25-62(74)67-45-52(36-41-76(67)88)53-37-42-80-69(46-53)65-27-13-18-32-79(65)90-80)54-34-33-51-35-38-58(44-55(51)43-54)86(56-19-5-3-6-20-56)59-39-40-64-61-24-10-15-29-73(61)87(77(64)47-59)57-21-7-4-8-22-57/h3-50H,1-2H3. The number of para-hydroxylation sites is 6. The summed E-state index contributed by atoms with van der Waals surface area (Å²) in [5, 5.41) is 11.5. The Kier molecular flexibility index (Phi) is 10.7. The smallest absolute Gasteiger partial charge is 0.237 e. The summed E-state index contributed by atoms with van der Waals surface area (Å²) in [7, 11) is 0. The van der Waals surface area contributed by atoms with E-state index in [2.05, 4.69) is 312 Å². The molecule has 5 aromatic heterocycles. The average Bonchev–Trinajstić information content (AvgIpc) is 1.61. The third-order valence-electron chi connectivity index (χ3n) is 19.2. The maximum absolute atomic E-state index is 6.27. The fourth-order valence-electron chi connectivity index (χ4n) is 15.0. The molecule has 0 fully saturated rings. The molecule has 0 N–H and O–H groups in total. The highest BCUT2D eigenvalue weighted by atomic mass is 16.3. The predicted octanol–water partition coefficient (Wildman–Crippen LogP) is 21.9. The van der Waals surface area contributed by atoms with Crippen LogP contribution in [-0.2, 0) is 5.41 Å². The van der Waals surface area contributed by atoms with Gasteiger partial charge in [0.05, 0.1) is 38.8 Å². The highest BCUT2D eigenvalue weighted by Gasteiger charge is 2.36. The largest absolute Gasteiger partial charge is 0.456 e. The van der Waals surface area contributed by atoms with Crippen LogP contribution in [0.5, 0.6) is 0 Å². The fraction of sp³-hybridized carbons (Fsp3) is 0.0361. The van der Waals surface area contributed by atoms with Gasteiger partial charge in [0.2, 0.25) is 5.95 Å². The lowest BCUT2D eigenvalue weighted by molar-refractivity contribution is 0.661. The zero-order valence-corrected chi connectivity index (χ0v) is 49.3. The van der Waals surface area contributed by atoms with Crippen molar-refractivity contribution in [3.05, 3.63) is 302 Å². The van der Waals surface area contributed by atoms with Gasteiger partial charge in [0.1, 0.15) is 17.0 Å². The molecule has 7 nitrogen and oxygen atoms in total. The molecule has 7 heteroatoms. The molecule has 13 aromatic carbocycles. The molecule has 1 aliphatic rings. The molecule has 5 heterocycles. The van der Waals surface area contributed by atoms with Crippen LogP contribution in [0.3, 0.4) is 0 Å². The van der Waals surface area contributed by atoms with Crippen LogP contribution >= 0.6 is 0 Å². The number of hydrogen-bond donors (Lipinski definition) is 0. The molecule has 0 aliphatic heterocycles. The summed E-state index contributed by atoms with van der Waals surface area (Å²) < 4.78 is 13.3. The molecule has 422 valence electrons. The zero-order chi connectivity index (χ0) is 59.3. The van der Waals surface area contributed by atoms with Crippen molar-refractivity contribution in [1.82, 2.24) is 23.7 Å². The molecular formula is C83H54N6O. The first-order valence-corrected chi connectivity index (χ1v) is 30.9. The van der Waals surface area contributed by atoms with Gasteiger partial charge in [0, 0.05) is 82.9 Å². The van der Waals surface area contributed by atoms with E-state index in [9.17, 15) is 0 Å². The molecule has 19 rings (SSSR count). The number of fused-ring (bicyclic) bond motifs is 16. The Bertz CT molecular complexity index is 6020. The Morgan fingerprint density at radius 2 is 0.889 bits per heavy atom. The second kappa shape index (κ2) is 19.1. The van der Waals surface area contributed by atoms with Gasteiger partial charge in [0.25, 0.3) is 0 Å². The highest BCUT2D eigenvalue weighted by Crippen LogP contribution is 2.51. The van der Waals surface area contributed by atoms with Crippen molar-refractivity contribution in [2.45, 2.75) is 19.3 Å². The van der Waals surface area contributed by atoms with Crippen LogP contribution in [0.2, 0.25) is 0 Å². The van der Waals surface area contributed by atoms with E-state index in [0.717, 1.165) is 127 Å². The summed E-state index contributed by atoms with van der Waals surface area (Å²) in [6.07, 6.45) is 0. The van der Waals surface area contributed by atoms with Gasteiger partial charge in [-0.2, -0.15) is 4.98 Å². The first kappa shape index (κ1) is 50.4. The zero-order valence-electron chi connectivity index (χ0n) is 49.3. The van der Waals surface area contributed by atoms with Crippen LogP contribution in [0, 0.1) is 0 Å². The van der Waals surface area contributed by atoms with E-state index in [1.165, 1.54) is 43.9 Å². The van der Waals surface area contributed by atoms with E-state index in [4.69, 9.17) is 14.4 Å². The first-order chi connectivity index (χ1) is 44.4. The monoisotopic (exact) mass is 1150 g/mol. The molecule has 0 saturated heterocycles. The summed E-state index contributed by atoms with van der Waals surface area (Å²) in [6, 6.07) is 106. The number of benzene rings is 13. The van der Waals surface area contributed by atoms with E-state index in [0.29, 0.717) is 5.95 Å². The molecule has 1 aliphatic carbocycles. The van der Waals surface area contributed by atoms with Crippen molar-refractivity contribution < 1.29 is 4.42 Å². The van der Waals surface area contributed by atoms with Gasteiger partial charge in [-0.25, -0.2) is 4.98 Å². The van der Waals surface area contributed by atoms with E-state index in [1.807, 2.05) is 12.1 Å². The van der Waals surface area contributed by atoms with Gasteiger partial charge in [0.15, 0.2) is 0 Å². The van der Waals surface area contributed by atoms with Gasteiger partial charge in [-0.05, 0) is 159 Å². The minimum Gasteiger partial charge on any atom is -0.456 e. The average molecular weight is 1150 g/mol. The summed E-state index contributed by atoms with van der Waals surface area (Å²) in [5.74, 6) is 1.37. The van der Waals surface area contributed by atoms with E-state index < -0.39 is 0 Å². The van der Waals surface area contributed by atoms with Gasteiger partial charge in [-0.15, -0.1) is 0 Å². The Labute approximate surface area is 517 Å². The molecule has 0 amide bonds. The minimum atomic E-state index is -0.218. The third-order valence-corrected chi connectivity index (χ3v) is 19.2. The number of rotatable bonds is 8. The van der Waals surface area contributed by atoms with Gasteiger partial charge < -0.3 is 13.9 Å². The van der Waals surface area contributed by atoms with Crippen molar-refractivity contribution in [1.29, 1.82) is 0 Å². The van der Waals surface area contributed by atoms with E-state index in [-0.39, 0.29) is 5.41 Å². The molecular weight excluding hydrogens is 1100 g/mol. The van der Waals surface area contributed by atoms with Crippen molar-refractivity contribution in [3.63, 3.8) is 0 Å². The minimum absolute atomic E-state index is 0.218. The van der Waals surface area contributed by atoms with Crippen LogP contribution in [0.15, 0.2) is 296 Å². The lowest BCUT2D eigenvalue weighted by atomic mass is 9.82. The fourth-order valence-corrected chi connectivity index (χ4v) is 15.0. The molecule has 0 unspecified atom stereocenters. The lowest BCUT2D eigenvalue weighted by Gasteiger charge is -2.26. The normalized spacial score (nSPS) is 12.9. The molecule has 90 heavy (non-hydrogen) atoms. The number of aromatic nitrogens is 5. The quantitative estimate of drug-likeness (QED) is 0.152. The lowest BCUT2D eigenvalue weighted by Crippen LogP contribution is -2.15. The SMILES string of the molecule is CC1(C)c2ccccc2-c2cc3c4ccccc4n(-c4nc(-c5ccc6ccc(N(c7ccccc7)c7ccc8c9ccccc9n(-c9ccccc9)c8c7)cc6c5)cc(-n5c6ccccc6c6cc(-c7ccc8oc9ccccc9c8c7)ccc65)n4)c3cc21. The molecule has 0 radical (unpaired) electrons. The van der Waals surface area contributed by atoms with E-state index >= 15 is 0 Å². The summed E-state index contributed by atoms with van der Waals surface area (Å²) in [5.41, 5.74) is 21.6. The van der Waals surface area contributed by atoms with Crippen molar-refractivity contribution in [3.8, 4) is 51.0 Å².